The van der Waals surface area contributed by atoms with E-state index in [1.165, 1.54) is 13.2 Å². The maximum atomic E-state index is 14.2. The van der Waals surface area contributed by atoms with Crippen LogP contribution in [0.3, 0.4) is 0 Å². The Bertz CT molecular complexity index is 726. The smallest absolute Gasteiger partial charge is 0.327 e. The summed E-state index contributed by atoms with van der Waals surface area (Å²) in [4.78, 5) is 16.5. The van der Waals surface area contributed by atoms with Gasteiger partial charge in [-0.1, -0.05) is 23.4 Å². The van der Waals surface area contributed by atoms with Gasteiger partial charge in [-0.25, -0.2) is 9.18 Å². The largest absolute Gasteiger partial charge is 0.468 e. The van der Waals surface area contributed by atoms with Gasteiger partial charge in [0.05, 0.1) is 12.8 Å². The zero-order valence-corrected chi connectivity index (χ0v) is 14.4. The lowest BCUT2D eigenvalue weighted by atomic mass is 10.0. The molecule has 0 amide bonds. The summed E-state index contributed by atoms with van der Waals surface area (Å²) in [5.74, 6) is -0.0389. The van der Waals surface area contributed by atoms with Gasteiger partial charge in [0.2, 0.25) is 0 Å². The van der Waals surface area contributed by atoms with E-state index in [1.807, 2.05) is 17.9 Å². The number of ether oxygens (including phenoxy) is 1. The molecule has 1 fully saturated rings. The predicted octanol–water partition coefficient (Wildman–Crippen LogP) is 2.15. The normalized spacial score (nSPS) is 17.4. The Morgan fingerprint density at radius 2 is 2.04 bits per heavy atom. The van der Waals surface area contributed by atoms with Crippen LogP contribution in [0.5, 0.6) is 0 Å². The topological polar surface area (TPSA) is 58.8 Å². The van der Waals surface area contributed by atoms with Gasteiger partial charge < -0.3 is 9.26 Å². The zero-order chi connectivity index (χ0) is 17.8. The van der Waals surface area contributed by atoms with Crippen molar-refractivity contribution < 1.29 is 18.4 Å². The van der Waals surface area contributed by atoms with Crippen LogP contribution in [0.1, 0.15) is 23.1 Å². The first-order valence-electron chi connectivity index (χ1n) is 8.29. The molecule has 25 heavy (non-hydrogen) atoms. The quantitative estimate of drug-likeness (QED) is 0.773. The number of benzene rings is 1. The Kier molecular flexibility index (Phi) is 5.45. The number of aryl methyl sites for hydroxylation is 1. The third kappa shape index (κ3) is 4.05. The number of carbonyl (C=O) groups is 1. The van der Waals surface area contributed by atoms with Gasteiger partial charge in [0.15, 0.2) is 0 Å². The number of piperazine rings is 1. The number of esters is 1. The number of nitrogens with zero attached hydrogens (tertiary/aromatic N) is 3. The van der Waals surface area contributed by atoms with E-state index in [9.17, 15) is 9.18 Å². The van der Waals surface area contributed by atoms with Crippen LogP contribution in [0.2, 0.25) is 0 Å². The minimum absolute atomic E-state index is 0.356. The SMILES string of the molecule is COC(=O)[C@H](c1ccccc1F)N1CCN(Cc2cc(C)on2)CC1. The van der Waals surface area contributed by atoms with Gasteiger partial charge in [0.1, 0.15) is 17.6 Å². The molecule has 2 aromatic rings. The number of hydrogen-bond donors (Lipinski definition) is 0. The molecular weight excluding hydrogens is 325 g/mol. The Morgan fingerprint density at radius 1 is 1.32 bits per heavy atom. The Labute approximate surface area is 146 Å². The molecular formula is C18H22FN3O3. The predicted molar refractivity (Wildman–Crippen MR) is 89.2 cm³/mol. The van der Waals surface area contributed by atoms with Gasteiger partial charge in [0, 0.05) is 44.4 Å². The molecule has 1 aliphatic rings. The molecule has 0 radical (unpaired) electrons. The molecule has 1 aromatic carbocycles. The summed E-state index contributed by atoms with van der Waals surface area (Å²) in [5.41, 5.74) is 1.25. The van der Waals surface area contributed by atoms with Crippen molar-refractivity contribution in [1.82, 2.24) is 15.0 Å². The van der Waals surface area contributed by atoms with Gasteiger partial charge in [-0.2, -0.15) is 0 Å². The van der Waals surface area contributed by atoms with Crippen LogP contribution in [0.4, 0.5) is 4.39 Å². The molecule has 3 rings (SSSR count). The lowest BCUT2D eigenvalue weighted by molar-refractivity contribution is -0.148. The van der Waals surface area contributed by atoms with Crippen LogP contribution in [0.25, 0.3) is 0 Å². The van der Waals surface area contributed by atoms with E-state index in [2.05, 4.69) is 10.1 Å². The summed E-state index contributed by atoms with van der Waals surface area (Å²) in [6.07, 6.45) is 0. The van der Waals surface area contributed by atoms with Crippen LogP contribution >= 0.6 is 0 Å². The molecule has 2 heterocycles. The van der Waals surface area contributed by atoms with E-state index >= 15 is 0 Å². The first kappa shape index (κ1) is 17.6. The molecule has 6 nitrogen and oxygen atoms in total. The third-order valence-electron chi connectivity index (χ3n) is 4.46. The van der Waals surface area contributed by atoms with Crippen LogP contribution in [-0.4, -0.2) is 54.2 Å². The van der Waals surface area contributed by atoms with E-state index < -0.39 is 17.8 Å². The number of methoxy groups -OCH3 is 1. The molecule has 7 heteroatoms. The van der Waals surface area contributed by atoms with Crippen LogP contribution in [-0.2, 0) is 16.1 Å². The summed E-state index contributed by atoms with van der Waals surface area (Å²) in [7, 11) is 1.33. The second kappa shape index (κ2) is 7.76. The number of carbonyl (C=O) groups excluding carboxylic acids is 1. The van der Waals surface area contributed by atoms with Gasteiger partial charge >= 0.3 is 5.97 Å². The van der Waals surface area contributed by atoms with E-state index in [0.29, 0.717) is 25.2 Å². The van der Waals surface area contributed by atoms with E-state index in [-0.39, 0.29) is 0 Å². The molecule has 134 valence electrons. The highest BCUT2D eigenvalue weighted by Gasteiger charge is 2.33. The highest BCUT2D eigenvalue weighted by Crippen LogP contribution is 2.26. The minimum Gasteiger partial charge on any atom is -0.468 e. The Hall–Kier alpha value is -2.25. The van der Waals surface area contributed by atoms with Crippen LogP contribution in [0.15, 0.2) is 34.9 Å². The highest BCUT2D eigenvalue weighted by atomic mass is 19.1. The van der Waals surface area contributed by atoms with Crippen molar-refractivity contribution in [3.63, 3.8) is 0 Å². The van der Waals surface area contributed by atoms with Crippen molar-refractivity contribution in [3.05, 3.63) is 53.2 Å². The molecule has 1 aliphatic heterocycles. The molecule has 0 N–H and O–H groups in total. The Morgan fingerprint density at radius 3 is 2.64 bits per heavy atom. The van der Waals surface area contributed by atoms with E-state index in [0.717, 1.165) is 24.5 Å². The molecule has 0 unspecified atom stereocenters. The fourth-order valence-corrected chi connectivity index (χ4v) is 3.18. The number of hydrogen-bond acceptors (Lipinski definition) is 6. The summed E-state index contributed by atoms with van der Waals surface area (Å²) in [6, 6.07) is 7.56. The van der Waals surface area contributed by atoms with Crippen LogP contribution in [0, 0.1) is 12.7 Å². The minimum atomic E-state index is -0.720. The third-order valence-corrected chi connectivity index (χ3v) is 4.46. The zero-order valence-electron chi connectivity index (χ0n) is 14.4. The number of halogens is 1. The molecule has 1 saturated heterocycles. The fourth-order valence-electron chi connectivity index (χ4n) is 3.18. The summed E-state index contributed by atoms with van der Waals surface area (Å²) >= 11 is 0. The highest BCUT2D eigenvalue weighted by molar-refractivity contribution is 5.77. The van der Waals surface area contributed by atoms with E-state index in [4.69, 9.17) is 9.26 Å². The molecule has 0 saturated carbocycles. The van der Waals surface area contributed by atoms with Crippen molar-refractivity contribution in [2.45, 2.75) is 19.5 Å². The molecule has 0 aliphatic carbocycles. The lowest BCUT2D eigenvalue weighted by Crippen LogP contribution is -2.49. The van der Waals surface area contributed by atoms with Gasteiger partial charge in [0.25, 0.3) is 0 Å². The first-order valence-corrected chi connectivity index (χ1v) is 8.29. The number of aromatic nitrogens is 1. The molecule has 0 bridgehead atoms. The van der Waals surface area contributed by atoms with Crippen molar-refractivity contribution in [3.8, 4) is 0 Å². The van der Waals surface area contributed by atoms with Crippen LogP contribution < -0.4 is 0 Å². The van der Waals surface area contributed by atoms with Crippen molar-refractivity contribution in [2.24, 2.45) is 0 Å². The maximum Gasteiger partial charge on any atom is 0.327 e. The first-order chi connectivity index (χ1) is 12.1. The second-order valence-electron chi connectivity index (χ2n) is 6.19. The summed E-state index contributed by atoms with van der Waals surface area (Å²) < 4.78 is 24.2. The standard InChI is InChI=1S/C18H22FN3O3/c1-13-11-14(20-25-13)12-21-7-9-22(10-8-21)17(18(23)24-2)15-5-3-4-6-16(15)19/h3-6,11,17H,7-10,12H2,1-2H3/t17-/m0/s1. The maximum absolute atomic E-state index is 14.2. The van der Waals surface area contributed by atoms with Crippen molar-refractivity contribution in [1.29, 1.82) is 0 Å². The fraction of sp³-hybridized carbons (Fsp3) is 0.444. The Balaban J connectivity index is 1.68. The van der Waals surface area contributed by atoms with Gasteiger partial charge in [-0.15, -0.1) is 0 Å². The monoisotopic (exact) mass is 347 g/mol. The van der Waals surface area contributed by atoms with Gasteiger partial charge in [-0.3, -0.25) is 9.80 Å². The molecule has 0 spiro atoms. The van der Waals surface area contributed by atoms with Crippen molar-refractivity contribution in [2.75, 3.05) is 33.3 Å². The lowest BCUT2D eigenvalue weighted by Gasteiger charge is -2.38. The second-order valence-corrected chi connectivity index (χ2v) is 6.19. The average molecular weight is 347 g/mol. The molecule has 1 aromatic heterocycles. The van der Waals surface area contributed by atoms with E-state index in [1.54, 1.807) is 18.2 Å². The van der Waals surface area contributed by atoms with Gasteiger partial charge in [-0.05, 0) is 13.0 Å². The summed E-state index contributed by atoms with van der Waals surface area (Å²) in [5, 5.41) is 4.01. The average Bonchev–Trinajstić information content (AvgIpc) is 3.03. The number of rotatable bonds is 5. The van der Waals surface area contributed by atoms with Crippen molar-refractivity contribution >= 4 is 5.97 Å². The summed E-state index contributed by atoms with van der Waals surface area (Å²) in [6.45, 7) is 5.37. The molecule has 1 atom stereocenters.